The van der Waals surface area contributed by atoms with Crippen LogP contribution in [0.1, 0.15) is 134 Å². The van der Waals surface area contributed by atoms with Gasteiger partial charge in [0, 0.05) is 77.3 Å². The Bertz CT molecular complexity index is 2680. The van der Waals surface area contributed by atoms with E-state index in [1.54, 1.807) is 79.4 Å². The van der Waals surface area contributed by atoms with Crippen LogP contribution in [0.15, 0.2) is 60.9 Å². The summed E-state index contributed by atoms with van der Waals surface area (Å²) in [5.74, 6) is 1.87. The van der Waals surface area contributed by atoms with Crippen molar-refractivity contribution in [3.63, 3.8) is 0 Å². The van der Waals surface area contributed by atoms with E-state index in [4.69, 9.17) is 40.5 Å². The van der Waals surface area contributed by atoms with Crippen LogP contribution in [-0.4, -0.2) is 147 Å². The van der Waals surface area contributed by atoms with Crippen molar-refractivity contribution >= 4 is 76.0 Å². The van der Waals surface area contributed by atoms with Crippen LogP contribution in [0, 0.1) is 0 Å². The second kappa shape index (κ2) is 30.1. The van der Waals surface area contributed by atoms with Crippen LogP contribution in [-0.2, 0) is 31.9 Å². The molecular formula is C59H87ClN12O9. The maximum atomic E-state index is 13.5. The van der Waals surface area contributed by atoms with Crippen LogP contribution >= 0.6 is 11.6 Å². The van der Waals surface area contributed by atoms with E-state index in [9.17, 15) is 24.0 Å². The molecule has 21 nitrogen and oxygen atoms in total. The molecule has 3 N–H and O–H groups in total. The van der Waals surface area contributed by atoms with E-state index < -0.39 is 34.6 Å². The lowest BCUT2D eigenvalue weighted by Crippen LogP contribution is -2.40. The van der Waals surface area contributed by atoms with Crippen molar-refractivity contribution in [1.29, 1.82) is 0 Å². The molecule has 444 valence electrons. The van der Waals surface area contributed by atoms with Gasteiger partial charge in [0.15, 0.2) is 11.6 Å². The van der Waals surface area contributed by atoms with Crippen LogP contribution in [0.25, 0.3) is 0 Å². The number of esters is 2. The molecule has 0 spiro atoms. The van der Waals surface area contributed by atoms with Gasteiger partial charge in [0.25, 0.3) is 0 Å². The molecule has 0 aliphatic carbocycles. The molecule has 0 radical (unpaired) electrons. The highest BCUT2D eigenvalue weighted by molar-refractivity contribution is 6.66. The van der Waals surface area contributed by atoms with Crippen molar-refractivity contribution in [2.45, 2.75) is 171 Å². The minimum absolute atomic E-state index is 0.143. The number of carbonyl (C=O) groups excluding carboxylic acids is 5. The Hall–Kier alpha value is -7.16. The summed E-state index contributed by atoms with van der Waals surface area (Å²) in [5, 5.41) is 9.26. The number of aromatic nitrogens is 4. The van der Waals surface area contributed by atoms with E-state index in [2.05, 4.69) is 44.7 Å². The topological polar surface area (TPSA) is 226 Å². The minimum Gasteiger partial charge on any atom is -0.458 e. The van der Waals surface area contributed by atoms with Crippen LogP contribution in [0.2, 0.25) is 0 Å². The van der Waals surface area contributed by atoms with E-state index in [1.807, 2.05) is 79.3 Å². The Balaban J connectivity index is 0.000000298. The monoisotopic (exact) mass is 1140 g/mol. The summed E-state index contributed by atoms with van der Waals surface area (Å²) in [7, 11) is 0. The van der Waals surface area contributed by atoms with E-state index in [-0.39, 0.29) is 42.5 Å². The molecule has 3 amide bonds. The Labute approximate surface area is 484 Å². The van der Waals surface area contributed by atoms with E-state index in [1.165, 1.54) is 4.90 Å². The van der Waals surface area contributed by atoms with Gasteiger partial charge in [-0.05, 0) is 170 Å². The van der Waals surface area contributed by atoms with E-state index in [0.717, 1.165) is 63.0 Å². The van der Waals surface area contributed by atoms with Crippen LogP contribution in [0.3, 0.4) is 0 Å². The quantitative estimate of drug-likeness (QED) is 0.0378. The first kappa shape index (κ1) is 64.7. The average Bonchev–Trinajstić information content (AvgIpc) is 4.15. The zero-order valence-corrected chi connectivity index (χ0v) is 50.8. The third kappa shape index (κ3) is 20.1. The van der Waals surface area contributed by atoms with Gasteiger partial charge in [-0.3, -0.25) is 9.69 Å². The first-order valence-electron chi connectivity index (χ1n) is 28.4. The summed E-state index contributed by atoms with van der Waals surface area (Å²) in [5.41, 5.74) is 1.35. The fourth-order valence-electron chi connectivity index (χ4n) is 8.89. The van der Waals surface area contributed by atoms with Gasteiger partial charge in [0.2, 0.25) is 11.9 Å². The molecule has 0 saturated carbocycles. The zero-order valence-electron chi connectivity index (χ0n) is 50.1. The number of ether oxygens (including phenoxy) is 4. The molecule has 6 rings (SSSR count). The molecule has 0 unspecified atom stereocenters. The van der Waals surface area contributed by atoms with Crippen molar-refractivity contribution in [2.75, 3.05) is 83.0 Å². The molecule has 2 saturated heterocycles. The van der Waals surface area contributed by atoms with E-state index >= 15 is 0 Å². The van der Waals surface area contributed by atoms with E-state index in [0.29, 0.717) is 73.2 Å². The lowest BCUT2D eigenvalue weighted by atomic mass is 10.0. The van der Waals surface area contributed by atoms with Crippen molar-refractivity contribution in [3.05, 3.63) is 72.1 Å². The maximum Gasteiger partial charge on any atom is 0.415 e. The zero-order chi connectivity index (χ0) is 59.6. The number of nitrogens with one attached hydrogen (secondary N) is 3. The number of hydrogen-bond donors (Lipinski definition) is 3. The molecule has 4 heterocycles. The smallest absolute Gasteiger partial charge is 0.415 e. The molecular weight excluding hydrogens is 1060 g/mol. The largest absolute Gasteiger partial charge is 0.458 e. The predicted molar refractivity (Wildman–Crippen MR) is 319 cm³/mol. The highest BCUT2D eigenvalue weighted by Crippen LogP contribution is 2.31. The van der Waals surface area contributed by atoms with Gasteiger partial charge < -0.3 is 54.5 Å². The van der Waals surface area contributed by atoms with Gasteiger partial charge in [-0.2, -0.15) is 9.97 Å². The number of hydrogen-bond acceptors (Lipinski definition) is 18. The second-order valence-corrected chi connectivity index (χ2v) is 22.8. The third-order valence-corrected chi connectivity index (χ3v) is 13.1. The van der Waals surface area contributed by atoms with Gasteiger partial charge in [0.1, 0.15) is 40.5 Å². The van der Waals surface area contributed by atoms with Gasteiger partial charge in [-0.1, -0.05) is 24.3 Å². The number of nitrogens with zero attached hydrogens (tertiary/aromatic N) is 9. The Morgan fingerprint density at radius 3 is 1.32 bits per heavy atom. The molecule has 2 fully saturated rings. The summed E-state index contributed by atoms with van der Waals surface area (Å²) in [6, 6.07) is 12.5. The van der Waals surface area contributed by atoms with Crippen molar-refractivity contribution in [3.8, 4) is 11.5 Å². The third-order valence-electron chi connectivity index (χ3n) is 12.9. The lowest BCUT2D eigenvalue weighted by molar-refractivity contribution is -0.156. The van der Waals surface area contributed by atoms with Crippen molar-refractivity contribution < 1.29 is 42.9 Å². The number of halogens is 1. The number of benzene rings is 2. The summed E-state index contributed by atoms with van der Waals surface area (Å²) >= 11 is 5.97. The van der Waals surface area contributed by atoms with Gasteiger partial charge in [-0.15, -0.1) is 0 Å². The van der Waals surface area contributed by atoms with Gasteiger partial charge >= 0.3 is 29.5 Å². The first-order chi connectivity index (χ1) is 38.3. The lowest BCUT2D eigenvalue weighted by Gasteiger charge is -2.29. The Morgan fingerprint density at radius 2 is 0.963 bits per heavy atom. The normalized spacial score (nSPS) is 14.1. The molecule has 0 bridgehead atoms. The molecule has 2 aliphatic heterocycles. The standard InChI is InChI=1S/C30H43ClN6O5.C29H44N6O4/c1-8-35(9-2)28-32-19-24(37(20(3)4)27(31)39)25(34-28)33-23(26(38)42-30(5,6)7)18-21-12-14-22(15-13-21)41-29(40)36-16-10-11-17-36;1-8-34(9-2)27-30-19-24(31-20(3)4)25(33-27)32-23(26(36)39-29(5,6)7)18-21-12-14-22(15-13-21)38-28(37)35-16-10-11-17-35/h12-15,19-20,23H,8-11,16-18H2,1-7H3,(H,32,33,34);12-15,19-20,23,31H,8-11,16-18H2,1-7H3,(H,30,32,33)/t2*23-/m00/s1. The Kier molecular flexibility index (Phi) is 24.0. The molecule has 4 aromatic rings. The second-order valence-electron chi connectivity index (χ2n) is 22.5. The number of carbonyl (C=O) groups is 5. The summed E-state index contributed by atoms with van der Waals surface area (Å²) < 4.78 is 22.6. The molecule has 2 aromatic heterocycles. The number of rotatable bonds is 22. The molecule has 81 heavy (non-hydrogen) atoms. The summed E-state index contributed by atoms with van der Waals surface area (Å²) in [6.45, 7) is 32.5. The van der Waals surface area contributed by atoms with Crippen LogP contribution in [0.4, 0.5) is 49.3 Å². The number of likely N-dealkylation sites (tertiary alicyclic amines) is 2. The van der Waals surface area contributed by atoms with Crippen molar-refractivity contribution in [1.82, 2.24) is 29.7 Å². The van der Waals surface area contributed by atoms with Gasteiger partial charge in [0.05, 0.1) is 18.1 Å². The Morgan fingerprint density at radius 1 is 0.580 bits per heavy atom. The van der Waals surface area contributed by atoms with Crippen LogP contribution < -0.4 is 40.1 Å². The minimum atomic E-state index is -0.875. The summed E-state index contributed by atoms with van der Waals surface area (Å²) in [4.78, 5) is 91.3. The summed E-state index contributed by atoms with van der Waals surface area (Å²) in [6.07, 6.45) is 7.14. The fraction of sp³-hybridized carbons (Fsp3) is 0.576. The molecule has 2 aliphatic rings. The molecule has 2 aromatic carbocycles. The highest BCUT2D eigenvalue weighted by atomic mass is 35.5. The van der Waals surface area contributed by atoms with Crippen molar-refractivity contribution in [2.24, 2.45) is 0 Å². The average molecular weight is 1140 g/mol. The highest BCUT2D eigenvalue weighted by Gasteiger charge is 2.32. The van der Waals surface area contributed by atoms with Gasteiger partial charge in [-0.25, -0.2) is 29.1 Å². The van der Waals surface area contributed by atoms with Crippen LogP contribution in [0.5, 0.6) is 11.5 Å². The predicted octanol–water partition coefficient (Wildman–Crippen LogP) is 11.0. The SMILES string of the molecule is CCN(CC)c1ncc(N(C(=O)Cl)C(C)C)c(N[C@@H](Cc2ccc(OC(=O)N3CCCC3)cc2)C(=O)OC(C)(C)C)n1.CCN(CC)c1ncc(NC(C)C)c(N[C@@H](Cc2ccc(OC(=O)N3CCCC3)cc2)C(=O)OC(C)(C)C)n1. The first-order valence-corrected chi connectivity index (χ1v) is 28.8. The molecule has 22 heteroatoms. The number of amides is 3. The fourth-order valence-corrected chi connectivity index (χ4v) is 9.18. The molecule has 2 atom stereocenters. The maximum absolute atomic E-state index is 13.5. The number of anilines is 6.